The molecular formula is C8H17ClN2O. The highest BCUT2D eigenvalue weighted by Crippen LogP contribution is 2.28. The molecule has 72 valence electrons. The third-order valence-electron chi connectivity index (χ3n) is 2.33. The molecule has 2 N–H and O–H groups in total. The molecule has 0 aromatic rings. The molecule has 1 fully saturated rings. The number of halogens is 1. The molecule has 0 spiro atoms. The zero-order valence-corrected chi connectivity index (χ0v) is 8.49. The summed E-state index contributed by atoms with van der Waals surface area (Å²) in [6, 6.07) is 0. The number of likely N-dealkylation sites (N-methyl/N-ethyl adjacent to an activating group) is 1. The van der Waals surface area contributed by atoms with E-state index in [0.717, 1.165) is 25.7 Å². The molecule has 0 bridgehead atoms. The average molecular weight is 193 g/mol. The number of carbonyl (C=O) groups excluding carboxylic acids is 1. The monoisotopic (exact) mass is 192 g/mol. The van der Waals surface area contributed by atoms with Gasteiger partial charge in [-0.3, -0.25) is 4.79 Å². The lowest BCUT2D eigenvalue weighted by Gasteiger charge is -2.25. The highest BCUT2D eigenvalue weighted by atomic mass is 35.5. The van der Waals surface area contributed by atoms with E-state index in [4.69, 9.17) is 5.73 Å². The molecule has 0 aromatic carbocycles. The van der Waals surface area contributed by atoms with Gasteiger partial charge < -0.3 is 10.6 Å². The molecule has 1 aliphatic rings. The fourth-order valence-electron chi connectivity index (χ4n) is 1.67. The standard InChI is InChI=1S/C8H16N2O.ClH/c1-10(2)7(11)8(9)5-3-4-6-8;/h3-6,9H2,1-2H3;1H. The van der Waals surface area contributed by atoms with Crippen molar-refractivity contribution in [3.63, 3.8) is 0 Å². The third kappa shape index (κ3) is 2.11. The van der Waals surface area contributed by atoms with E-state index in [1.807, 2.05) is 0 Å². The summed E-state index contributed by atoms with van der Waals surface area (Å²) < 4.78 is 0. The van der Waals surface area contributed by atoms with Crippen molar-refractivity contribution in [2.75, 3.05) is 14.1 Å². The quantitative estimate of drug-likeness (QED) is 0.667. The minimum absolute atomic E-state index is 0. The highest BCUT2D eigenvalue weighted by Gasteiger charge is 2.37. The van der Waals surface area contributed by atoms with Crippen LogP contribution in [0.4, 0.5) is 0 Å². The summed E-state index contributed by atoms with van der Waals surface area (Å²) in [4.78, 5) is 13.1. The molecular weight excluding hydrogens is 176 g/mol. The Hall–Kier alpha value is -0.280. The van der Waals surface area contributed by atoms with Crippen LogP contribution >= 0.6 is 12.4 Å². The van der Waals surface area contributed by atoms with Crippen molar-refractivity contribution in [3.05, 3.63) is 0 Å². The lowest BCUT2D eigenvalue weighted by atomic mass is 9.98. The number of amides is 1. The molecule has 0 radical (unpaired) electrons. The topological polar surface area (TPSA) is 46.3 Å². The van der Waals surface area contributed by atoms with Gasteiger partial charge in [-0.2, -0.15) is 0 Å². The Morgan fingerprint density at radius 3 is 2.08 bits per heavy atom. The molecule has 1 rings (SSSR count). The van der Waals surface area contributed by atoms with Crippen LogP contribution < -0.4 is 5.73 Å². The fraction of sp³-hybridized carbons (Fsp3) is 0.875. The average Bonchev–Trinajstić information content (AvgIpc) is 2.35. The zero-order chi connectivity index (χ0) is 8.48. The number of nitrogens with zero attached hydrogens (tertiary/aromatic N) is 1. The molecule has 1 amide bonds. The van der Waals surface area contributed by atoms with Crippen LogP contribution in [-0.2, 0) is 4.79 Å². The van der Waals surface area contributed by atoms with E-state index >= 15 is 0 Å². The first kappa shape index (κ1) is 11.7. The van der Waals surface area contributed by atoms with Crippen LogP contribution in [0, 0.1) is 0 Å². The normalized spacial score (nSPS) is 19.9. The Kier molecular flexibility index (Phi) is 4.00. The van der Waals surface area contributed by atoms with Crippen LogP contribution in [0.15, 0.2) is 0 Å². The van der Waals surface area contributed by atoms with Gasteiger partial charge in [0, 0.05) is 14.1 Å². The van der Waals surface area contributed by atoms with Gasteiger partial charge in [0.2, 0.25) is 5.91 Å². The maximum atomic E-state index is 11.5. The van der Waals surface area contributed by atoms with Crippen molar-refractivity contribution in [1.29, 1.82) is 0 Å². The van der Waals surface area contributed by atoms with Gasteiger partial charge in [-0.25, -0.2) is 0 Å². The predicted molar refractivity (Wildman–Crippen MR) is 51.3 cm³/mol. The van der Waals surface area contributed by atoms with Crippen LogP contribution in [0.1, 0.15) is 25.7 Å². The van der Waals surface area contributed by atoms with E-state index in [2.05, 4.69) is 0 Å². The molecule has 0 aliphatic heterocycles. The predicted octanol–water partition coefficient (Wildman–Crippen LogP) is 0.768. The van der Waals surface area contributed by atoms with Crippen molar-refractivity contribution in [2.45, 2.75) is 31.2 Å². The summed E-state index contributed by atoms with van der Waals surface area (Å²) in [5.74, 6) is 0.0787. The van der Waals surface area contributed by atoms with Gasteiger partial charge in [0.05, 0.1) is 5.54 Å². The minimum Gasteiger partial charge on any atom is -0.347 e. The Balaban J connectivity index is 0.00000121. The van der Waals surface area contributed by atoms with Gasteiger partial charge in [0.1, 0.15) is 0 Å². The SMILES string of the molecule is CN(C)C(=O)C1(N)CCCC1.Cl. The van der Waals surface area contributed by atoms with Crippen molar-refractivity contribution < 1.29 is 4.79 Å². The Labute approximate surface area is 79.7 Å². The van der Waals surface area contributed by atoms with E-state index < -0.39 is 5.54 Å². The van der Waals surface area contributed by atoms with Crippen molar-refractivity contribution >= 4 is 18.3 Å². The summed E-state index contributed by atoms with van der Waals surface area (Å²) in [6.45, 7) is 0. The Morgan fingerprint density at radius 1 is 1.33 bits per heavy atom. The van der Waals surface area contributed by atoms with Crippen LogP contribution in [0.25, 0.3) is 0 Å². The first-order valence-corrected chi connectivity index (χ1v) is 4.07. The van der Waals surface area contributed by atoms with Crippen LogP contribution in [-0.4, -0.2) is 30.4 Å². The van der Waals surface area contributed by atoms with Gasteiger partial charge in [0.15, 0.2) is 0 Å². The second-order valence-electron chi connectivity index (χ2n) is 3.56. The summed E-state index contributed by atoms with van der Waals surface area (Å²) in [7, 11) is 3.52. The maximum absolute atomic E-state index is 11.5. The molecule has 0 heterocycles. The van der Waals surface area contributed by atoms with Crippen molar-refractivity contribution in [1.82, 2.24) is 4.90 Å². The Morgan fingerprint density at radius 2 is 1.75 bits per heavy atom. The smallest absolute Gasteiger partial charge is 0.242 e. The van der Waals surface area contributed by atoms with Crippen LogP contribution in [0.2, 0.25) is 0 Å². The van der Waals surface area contributed by atoms with Gasteiger partial charge in [-0.1, -0.05) is 12.8 Å². The van der Waals surface area contributed by atoms with Crippen LogP contribution in [0.3, 0.4) is 0 Å². The Bertz CT molecular complexity index is 164. The number of carbonyl (C=O) groups is 1. The van der Waals surface area contributed by atoms with Gasteiger partial charge in [-0.05, 0) is 12.8 Å². The molecule has 12 heavy (non-hydrogen) atoms. The van der Waals surface area contributed by atoms with E-state index in [9.17, 15) is 4.79 Å². The second kappa shape index (κ2) is 4.10. The number of rotatable bonds is 1. The molecule has 0 atom stereocenters. The number of hydrogen-bond acceptors (Lipinski definition) is 2. The minimum atomic E-state index is -0.538. The number of hydrogen-bond donors (Lipinski definition) is 1. The van der Waals surface area contributed by atoms with E-state index in [1.165, 1.54) is 0 Å². The van der Waals surface area contributed by atoms with Crippen LogP contribution in [0.5, 0.6) is 0 Å². The summed E-state index contributed by atoms with van der Waals surface area (Å²) >= 11 is 0. The summed E-state index contributed by atoms with van der Waals surface area (Å²) in [5, 5.41) is 0. The highest BCUT2D eigenvalue weighted by molar-refractivity contribution is 5.86. The molecule has 0 saturated heterocycles. The molecule has 0 aromatic heterocycles. The maximum Gasteiger partial charge on any atom is 0.242 e. The van der Waals surface area contributed by atoms with E-state index in [0.29, 0.717) is 0 Å². The van der Waals surface area contributed by atoms with E-state index in [-0.39, 0.29) is 18.3 Å². The van der Waals surface area contributed by atoms with Gasteiger partial charge in [-0.15, -0.1) is 12.4 Å². The summed E-state index contributed by atoms with van der Waals surface area (Å²) in [6.07, 6.45) is 3.89. The van der Waals surface area contributed by atoms with E-state index in [1.54, 1.807) is 19.0 Å². The lowest BCUT2D eigenvalue weighted by Crippen LogP contribution is -2.51. The largest absolute Gasteiger partial charge is 0.347 e. The first-order valence-electron chi connectivity index (χ1n) is 4.07. The van der Waals surface area contributed by atoms with Gasteiger partial charge in [0.25, 0.3) is 0 Å². The molecule has 1 saturated carbocycles. The van der Waals surface area contributed by atoms with Gasteiger partial charge >= 0.3 is 0 Å². The first-order chi connectivity index (χ1) is 5.06. The summed E-state index contributed by atoms with van der Waals surface area (Å²) in [5.41, 5.74) is 5.37. The molecule has 1 aliphatic carbocycles. The molecule has 0 unspecified atom stereocenters. The fourth-order valence-corrected chi connectivity index (χ4v) is 1.67. The van der Waals surface area contributed by atoms with Crippen molar-refractivity contribution in [2.24, 2.45) is 5.73 Å². The second-order valence-corrected chi connectivity index (χ2v) is 3.56. The molecule has 4 heteroatoms. The third-order valence-corrected chi connectivity index (χ3v) is 2.33. The lowest BCUT2D eigenvalue weighted by molar-refractivity contribution is -0.134. The number of nitrogens with two attached hydrogens (primary N) is 1. The van der Waals surface area contributed by atoms with Crippen molar-refractivity contribution in [3.8, 4) is 0 Å². The molecule has 3 nitrogen and oxygen atoms in total. The zero-order valence-electron chi connectivity index (χ0n) is 7.67.